The normalized spacial score (nSPS) is 12.7. The molecule has 6 heteroatoms. The minimum absolute atomic E-state index is 0.110. The second kappa shape index (κ2) is 36.3. The largest absolute Gasteiger partial charge is 0.462 e. The van der Waals surface area contributed by atoms with Gasteiger partial charge in [-0.05, 0) is 51.4 Å². The van der Waals surface area contributed by atoms with Crippen molar-refractivity contribution in [2.45, 2.75) is 174 Å². The summed E-state index contributed by atoms with van der Waals surface area (Å²) in [4.78, 5) is 28.5. The fraction of sp³-hybridized carbons (Fsp3) is 0.744. The van der Waals surface area contributed by atoms with Gasteiger partial charge in [0.25, 0.3) is 0 Å². The zero-order chi connectivity index (χ0) is 32.9. The number of unbranched alkanes of at least 4 members (excludes halogenated alkanes) is 16. The Labute approximate surface area is 276 Å². The minimum Gasteiger partial charge on any atom is -0.462 e. The molecule has 0 heterocycles. The molecule has 260 valence electrons. The van der Waals surface area contributed by atoms with Crippen molar-refractivity contribution in [3.63, 3.8) is 0 Å². The van der Waals surface area contributed by atoms with Gasteiger partial charge in [0.05, 0.1) is 0 Å². The SMILES string of the molecule is CCCCC/C=C\C/C=C\C/C=C\C/C=C\CCCC(=O)O[C@@H](COO)COC(=O)CCCCCCCCCCCCCCC. The molecule has 45 heavy (non-hydrogen) atoms. The Hall–Kier alpha value is -2.18. The second-order valence-electron chi connectivity index (χ2n) is 12.1. The molecule has 0 aromatic heterocycles. The predicted octanol–water partition coefficient (Wildman–Crippen LogP) is 11.6. The van der Waals surface area contributed by atoms with Gasteiger partial charge < -0.3 is 9.47 Å². The lowest BCUT2D eigenvalue weighted by atomic mass is 10.0. The molecule has 0 rings (SSSR count). The zero-order valence-corrected chi connectivity index (χ0v) is 29.1. The quantitative estimate of drug-likeness (QED) is 0.0255. The Bertz CT molecular complexity index is 769. The van der Waals surface area contributed by atoms with E-state index in [1.165, 1.54) is 89.9 Å². The molecule has 0 bridgehead atoms. The van der Waals surface area contributed by atoms with E-state index in [9.17, 15) is 9.59 Å². The Balaban J connectivity index is 3.79. The van der Waals surface area contributed by atoms with Gasteiger partial charge in [-0.25, -0.2) is 4.89 Å². The first-order chi connectivity index (χ1) is 22.1. The summed E-state index contributed by atoms with van der Waals surface area (Å²) in [6.45, 7) is 4.15. The van der Waals surface area contributed by atoms with Gasteiger partial charge in [0.1, 0.15) is 13.2 Å². The van der Waals surface area contributed by atoms with Crippen molar-refractivity contribution < 1.29 is 29.2 Å². The molecule has 0 aliphatic rings. The van der Waals surface area contributed by atoms with Gasteiger partial charge in [-0.15, -0.1) is 0 Å². The molecule has 0 amide bonds. The van der Waals surface area contributed by atoms with Gasteiger partial charge in [-0.1, -0.05) is 152 Å². The van der Waals surface area contributed by atoms with Crippen LogP contribution < -0.4 is 0 Å². The van der Waals surface area contributed by atoms with E-state index >= 15 is 0 Å². The minimum atomic E-state index is -0.811. The molecule has 0 unspecified atom stereocenters. The smallest absolute Gasteiger partial charge is 0.306 e. The molecule has 0 aromatic carbocycles. The third kappa shape index (κ3) is 34.5. The van der Waals surface area contributed by atoms with Gasteiger partial charge in [0, 0.05) is 12.8 Å². The van der Waals surface area contributed by atoms with Crippen LogP contribution in [0.5, 0.6) is 0 Å². The number of carbonyl (C=O) groups excluding carboxylic acids is 2. The van der Waals surface area contributed by atoms with Crippen LogP contribution in [0.3, 0.4) is 0 Å². The zero-order valence-electron chi connectivity index (χ0n) is 29.1. The highest BCUT2D eigenvalue weighted by Crippen LogP contribution is 2.13. The average Bonchev–Trinajstić information content (AvgIpc) is 3.03. The molecule has 0 fully saturated rings. The van der Waals surface area contributed by atoms with Crippen molar-refractivity contribution in [3.8, 4) is 0 Å². The van der Waals surface area contributed by atoms with Crippen LogP contribution in [0.15, 0.2) is 48.6 Å². The Morgan fingerprint density at radius 3 is 1.44 bits per heavy atom. The average molecular weight is 633 g/mol. The molecule has 0 spiro atoms. The summed E-state index contributed by atoms with van der Waals surface area (Å²) >= 11 is 0. The van der Waals surface area contributed by atoms with Gasteiger partial charge in [0.15, 0.2) is 6.10 Å². The molecule has 0 saturated carbocycles. The summed E-state index contributed by atoms with van der Waals surface area (Å²) in [6, 6.07) is 0. The van der Waals surface area contributed by atoms with E-state index in [1.807, 2.05) is 0 Å². The summed E-state index contributed by atoms with van der Waals surface area (Å²) < 4.78 is 10.6. The molecule has 6 nitrogen and oxygen atoms in total. The van der Waals surface area contributed by atoms with Crippen LogP contribution in [-0.4, -0.2) is 36.5 Å². The summed E-state index contributed by atoms with van der Waals surface area (Å²) in [5, 5.41) is 8.83. The Morgan fingerprint density at radius 2 is 0.933 bits per heavy atom. The van der Waals surface area contributed by atoms with Crippen LogP contribution in [0.1, 0.15) is 168 Å². The van der Waals surface area contributed by atoms with Crippen LogP contribution in [-0.2, 0) is 24.0 Å². The number of esters is 2. The van der Waals surface area contributed by atoms with Crippen molar-refractivity contribution >= 4 is 11.9 Å². The van der Waals surface area contributed by atoms with Gasteiger partial charge >= 0.3 is 11.9 Å². The maximum absolute atomic E-state index is 12.2. The first kappa shape index (κ1) is 42.8. The molecule has 0 aromatic rings. The van der Waals surface area contributed by atoms with Crippen molar-refractivity contribution in [1.82, 2.24) is 0 Å². The standard InChI is InChI=1S/C39H68O6/c1-3-5-7-9-11-13-15-17-18-19-20-22-24-26-28-30-32-34-39(41)45-37(36-44-42)35-43-38(40)33-31-29-27-25-23-21-16-14-12-10-8-6-4-2/h11,13,17-18,20,22,26,28,37,42H,3-10,12,14-16,19,21,23-25,27,29-36H2,1-2H3/b13-11-,18-17-,22-20-,28-26-/t37-/m1/s1. The van der Waals surface area contributed by atoms with Crippen LogP contribution in [0.25, 0.3) is 0 Å². The monoisotopic (exact) mass is 633 g/mol. The molecular formula is C39H68O6. The van der Waals surface area contributed by atoms with E-state index in [0.717, 1.165) is 44.9 Å². The highest BCUT2D eigenvalue weighted by atomic mass is 17.1. The first-order valence-corrected chi connectivity index (χ1v) is 18.3. The van der Waals surface area contributed by atoms with Crippen LogP contribution in [0.4, 0.5) is 0 Å². The molecular weight excluding hydrogens is 564 g/mol. The molecule has 1 atom stereocenters. The summed E-state index contributed by atoms with van der Waals surface area (Å²) in [5.74, 6) is -0.696. The summed E-state index contributed by atoms with van der Waals surface area (Å²) in [5.41, 5.74) is 0. The summed E-state index contributed by atoms with van der Waals surface area (Å²) in [7, 11) is 0. The lowest BCUT2D eigenvalue weighted by Crippen LogP contribution is -2.29. The maximum Gasteiger partial charge on any atom is 0.306 e. The predicted molar refractivity (Wildman–Crippen MR) is 188 cm³/mol. The number of hydrogen-bond acceptors (Lipinski definition) is 6. The van der Waals surface area contributed by atoms with Gasteiger partial charge in [-0.2, -0.15) is 0 Å². The molecule has 0 saturated heterocycles. The van der Waals surface area contributed by atoms with Crippen LogP contribution in [0, 0.1) is 0 Å². The van der Waals surface area contributed by atoms with Crippen LogP contribution in [0.2, 0.25) is 0 Å². The van der Waals surface area contributed by atoms with E-state index in [-0.39, 0.29) is 31.6 Å². The van der Waals surface area contributed by atoms with Gasteiger partial charge in [-0.3, -0.25) is 14.8 Å². The third-order valence-electron chi connectivity index (χ3n) is 7.68. The van der Waals surface area contributed by atoms with E-state index < -0.39 is 6.10 Å². The van der Waals surface area contributed by atoms with Crippen molar-refractivity contribution in [3.05, 3.63) is 48.6 Å². The van der Waals surface area contributed by atoms with Crippen LogP contribution >= 0.6 is 0 Å². The van der Waals surface area contributed by atoms with E-state index in [2.05, 4.69) is 67.3 Å². The highest BCUT2D eigenvalue weighted by molar-refractivity contribution is 5.70. The number of allylic oxidation sites excluding steroid dienone is 8. The second-order valence-corrected chi connectivity index (χ2v) is 12.1. The fourth-order valence-corrected chi connectivity index (χ4v) is 4.91. The topological polar surface area (TPSA) is 82.1 Å². The Morgan fingerprint density at radius 1 is 0.511 bits per heavy atom. The lowest BCUT2D eigenvalue weighted by Gasteiger charge is -2.16. The lowest BCUT2D eigenvalue weighted by molar-refractivity contribution is -0.261. The van der Waals surface area contributed by atoms with Gasteiger partial charge in [0.2, 0.25) is 0 Å². The molecule has 0 aliphatic carbocycles. The number of rotatable bonds is 33. The number of hydrogen-bond donors (Lipinski definition) is 1. The maximum atomic E-state index is 12.2. The highest BCUT2D eigenvalue weighted by Gasteiger charge is 2.17. The van der Waals surface area contributed by atoms with Crippen molar-refractivity contribution in [2.75, 3.05) is 13.2 Å². The molecule has 0 radical (unpaired) electrons. The molecule has 1 N–H and O–H groups in total. The first-order valence-electron chi connectivity index (χ1n) is 18.3. The van der Waals surface area contributed by atoms with Crippen molar-refractivity contribution in [1.29, 1.82) is 0 Å². The Kier molecular flexibility index (Phi) is 34.5. The third-order valence-corrected chi connectivity index (χ3v) is 7.68. The number of carbonyl (C=O) groups is 2. The van der Waals surface area contributed by atoms with E-state index in [1.54, 1.807) is 0 Å². The van der Waals surface area contributed by atoms with E-state index in [4.69, 9.17) is 14.7 Å². The molecule has 0 aliphatic heterocycles. The number of ether oxygens (including phenoxy) is 2. The van der Waals surface area contributed by atoms with Crippen molar-refractivity contribution in [2.24, 2.45) is 0 Å². The summed E-state index contributed by atoms with van der Waals surface area (Å²) in [6.07, 6.45) is 42.8. The van der Waals surface area contributed by atoms with E-state index in [0.29, 0.717) is 12.8 Å². The fourth-order valence-electron chi connectivity index (χ4n) is 4.91.